The monoisotopic (exact) mass is 225 g/mol. The number of alkyl halides is 1. The van der Waals surface area contributed by atoms with Crippen molar-refractivity contribution in [3.63, 3.8) is 0 Å². The molecular weight excluding hydrogens is 208 g/mol. The van der Waals surface area contributed by atoms with Crippen molar-refractivity contribution in [1.29, 1.82) is 0 Å². The molecule has 2 rings (SSSR count). The number of hydrogen-bond acceptors (Lipinski definition) is 1. The quantitative estimate of drug-likeness (QED) is 0.815. The number of rotatable bonds is 2. The largest absolute Gasteiger partial charge is 0.316 e. The first-order valence-corrected chi connectivity index (χ1v) is 5.79. The normalized spacial score (nSPS) is 23.1. The van der Waals surface area contributed by atoms with Crippen LogP contribution >= 0.6 is 0 Å². The Morgan fingerprint density at radius 1 is 1.44 bits per heavy atom. The van der Waals surface area contributed by atoms with Crippen LogP contribution in [0.2, 0.25) is 0 Å². The molecule has 88 valence electrons. The van der Waals surface area contributed by atoms with E-state index in [9.17, 15) is 8.78 Å². The summed E-state index contributed by atoms with van der Waals surface area (Å²) in [6.45, 7) is 3.49. The summed E-state index contributed by atoms with van der Waals surface area (Å²) in [6.07, 6.45) is 0.826. The molecule has 0 aliphatic carbocycles. The maximum Gasteiger partial charge on any atom is 0.129 e. The lowest BCUT2D eigenvalue weighted by Crippen LogP contribution is -2.32. The van der Waals surface area contributed by atoms with E-state index in [0.717, 1.165) is 24.9 Å². The molecule has 0 aromatic heterocycles. The number of aryl methyl sites for hydroxylation is 1. The molecular formula is C13H17F2N. The first kappa shape index (κ1) is 11.5. The van der Waals surface area contributed by atoms with E-state index in [1.54, 1.807) is 6.07 Å². The van der Waals surface area contributed by atoms with Crippen molar-refractivity contribution in [1.82, 2.24) is 5.32 Å². The lowest BCUT2D eigenvalue weighted by atomic mass is 9.88. The Labute approximate surface area is 94.9 Å². The molecule has 16 heavy (non-hydrogen) atoms. The Balaban J connectivity index is 2.18. The molecule has 1 aliphatic heterocycles. The van der Waals surface area contributed by atoms with E-state index in [1.807, 2.05) is 6.92 Å². The van der Waals surface area contributed by atoms with Gasteiger partial charge in [-0.2, -0.15) is 0 Å². The molecule has 2 unspecified atom stereocenters. The van der Waals surface area contributed by atoms with E-state index < -0.39 is 6.17 Å². The topological polar surface area (TPSA) is 12.0 Å². The van der Waals surface area contributed by atoms with Crippen LogP contribution in [-0.2, 0) is 0 Å². The van der Waals surface area contributed by atoms with Crippen LogP contribution in [0, 0.1) is 18.7 Å². The number of halogens is 2. The maximum atomic E-state index is 14.3. The molecule has 3 heteroatoms. The van der Waals surface area contributed by atoms with Gasteiger partial charge in [0.2, 0.25) is 0 Å². The highest BCUT2D eigenvalue weighted by molar-refractivity contribution is 5.29. The van der Waals surface area contributed by atoms with E-state index in [2.05, 4.69) is 5.32 Å². The summed E-state index contributed by atoms with van der Waals surface area (Å²) in [5.74, 6) is -0.374. The van der Waals surface area contributed by atoms with Gasteiger partial charge in [-0.25, -0.2) is 8.78 Å². The van der Waals surface area contributed by atoms with Gasteiger partial charge in [-0.1, -0.05) is 6.07 Å². The molecule has 1 saturated heterocycles. The highest BCUT2D eigenvalue weighted by atomic mass is 19.1. The highest BCUT2D eigenvalue weighted by Crippen LogP contribution is 2.32. The van der Waals surface area contributed by atoms with Gasteiger partial charge in [0.15, 0.2) is 0 Å². The molecule has 1 aromatic rings. The van der Waals surface area contributed by atoms with Crippen molar-refractivity contribution in [2.24, 2.45) is 5.92 Å². The van der Waals surface area contributed by atoms with E-state index >= 15 is 0 Å². The Bertz CT molecular complexity index is 359. The number of hydrogen-bond donors (Lipinski definition) is 1. The molecule has 1 aliphatic rings. The number of benzene rings is 1. The SMILES string of the molecule is Cc1ccc(F)cc1C(F)C1CCCNC1. The van der Waals surface area contributed by atoms with Crippen LogP contribution in [0.25, 0.3) is 0 Å². The van der Waals surface area contributed by atoms with Crippen LogP contribution < -0.4 is 5.32 Å². The summed E-state index contributed by atoms with van der Waals surface area (Å²) in [4.78, 5) is 0. The first-order chi connectivity index (χ1) is 7.68. The summed E-state index contributed by atoms with van der Waals surface area (Å²) in [7, 11) is 0. The number of nitrogens with one attached hydrogen (secondary N) is 1. The summed E-state index contributed by atoms with van der Waals surface area (Å²) < 4.78 is 27.3. The average Bonchev–Trinajstić information content (AvgIpc) is 2.32. The van der Waals surface area contributed by atoms with Crippen molar-refractivity contribution in [2.75, 3.05) is 13.1 Å². The molecule has 1 fully saturated rings. The predicted molar refractivity (Wildman–Crippen MR) is 60.6 cm³/mol. The summed E-state index contributed by atoms with van der Waals surface area (Å²) in [6, 6.07) is 4.35. The zero-order valence-corrected chi connectivity index (χ0v) is 9.47. The van der Waals surface area contributed by atoms with Crippen LogP contribution in [0.1, 0.15) is 30.1 Å². The van der Waals surface area contributed by atoms with Gasteiger partial charge >= 0.3 is 0 Å². The zero-order chi connectivity index (χ0) is 11.5. The Hall–Kier alpha value is -0.960. The summed E-state index contributed by atoms with van der Waals surface area (Å²) >= 11 is 0. The second-order valence-electron chi connectivity index (χ2n) is 4.51. The Morgan fingerprint density at radius 2 is 2.25 bits per heavy atom. The van der Waals surface area contributed by atoms with Gasteiger partial charge in [-0.15, -0.1) is 0 Å². The third-order valence-electron chi connectivity index (χ3n) is 3.29. The minimum Gasteiger partial charge on any atom is -0.316 e. The summed E-state index contributed by atoms with van der Waals surface area (Å²) in [5.41, 5.74) is 1.34. The standard InChI is InChI=1S/C13H17F2N/c1-9-4-5-11(14)7-12(9)13(15)10-3-2-6-16-8-10/h4-5,7,10,13,16H,2-3,6,8H2,1H3. The third kappa shape index (κ3) is 2.40. The van der Waals surface area contributed by atoms with Gasteiger partial charge in [-0.3, -0.25) is 0 Å². The van der Waals surface area contributed by atoms with Crippen molar-refractivity contribution < 1.29 is 8.78 Å². The van der Waals surface area contributed by atoms with Crippen molar-refractivity contribution in [3.8, 4) is 0 Å². The summed E-state index contributed by atoms with van der Waals surface area (Å²) in [5, 5.41) is 3.19. The van der Waals surface area contributed by atoms with Gasteiger partial charge in [0.25, 0.3) is 0 Å². The minimum absolute atomic E-state index is 0.0192. The van der Waals surface area contributed by atoms with Gasteiger partial charge in [0.05, 0.1) is 0 Å². The van der Waals surface area contributed by atoms with Crippen molar-refractivity contribution in [3.05, 3.63) is 35.1 Å². The van der Waals surface area contributed by atoms with Gasteiger partial charge in [0, 0.05) is 12.5 Å². The fourth-order valence-electron chi connectivity index (χ4n) is 2.29. The van der Waals surface area contributed by atoms with Crippen LogP contribution in [0.4, 0.5) is 8.78 Å². The third-order valence-corrected chi connectivity index (χ3v) is 3.29. The zero-order valence-electron chi connectivity index (χ0n) is 9.47. The van der Waals surface area contributed by atoms with E-state index in [-0.39, 0.29) is 11.7 Å². The second kappa shape index (κ2) is 4.91. The van der Waals surface area contributed by atoms with Crippen LogP contribution in [0.3, 0.4) is 0 Å². The molecule has 2 atom stereocenters. The van der Waals surface area contributed by atoms with Crippen LogP contribution in [0.15, 0.2) is 18.2 Å². The molecule has 1 aromatic carbocycles. The van der Waals surface area contributed by atoms with Crippen LogP contribution in [-0.4, -0.2) is 13.1 Å². The Kier molecular flexibility index (Phi) is 3.54. The van der Waals surface area contributed by atoms with Gasteiger partial charge in [-0.05, 0) is 49.6 Å². The van der Waals surface area contributed by atoms with Crippen LogP contribution in [0.5, 0.6) is 0 Å². The molecule has 0 saturated carbocycles. The maximum absolute atomic E-state index is 14.3. The minimum atomic E-state index is -1.05. The second-order valence-corrected chi connectivity index (χ2v) is 4.51. The molecule has 0 spiro atoms. The van der Waals surface area contributed by atoms with E-state index in [4.69, 9.17) is 0 Å². The Morgan fingerprint density at radius 3 is 2.94 bits per heavy atom. The molecule has 0 radical (unpaired) electrons. The molecule has 1 heterocycles. The predicted octanol–water partition coefficient (Wildman–Crippen LogP) is 3.14. The fourth-order valence-corrected chi connectivity index (χ4v) is 2.29. The fraction of sp³-hybridized carbons (Fsp3) is 0.538. The molecule has 0 amide bonds. The van der Waals surface area contributed by atoms with Gasteiger partial charge in [0.1, 0.15) is 12.0 Å². The van der Waals surface area contributed by atoms with Crippen molar-refractivity contribution in [2.45, 2.75) is 25.9 Å². The average molecular weight is 225 g/mol. The van der Waals surface area contributed by atoms with E-state index in [0.29, 0.717) is 12.1 Å². The molecule has 1 nitrogen and oxygen atoms in total. The lowest BCUT2D eigenvalue weighted by Gasteiger charge is -2.26. The number of piperidine rings is 1. The van der Waals surface area contributed by atoms with Crippen molar-refractivity contribution >= 4 is 0 Å². The van der Waals surface area contributed by atoms with E-state index in [1.165, 1.54) is 12.1 Å². The smallest absolute Gasteiger partial charge is 0.129 e. The highest BCUT2D eigenvalue weighted by Gasteiger charge is 2.25. The molecule has 0 bridgehead atoms. The lowest BCUT2D eigenvalue weighted by molar-refractivity contribution is 0.193. The van der Waals surface area contributed by atoms with Gasteiger partial charge < -0.3 is 5.32 Å². The molecule has 1 N–H and O–H groups in total. The first-order valence-electron chi connectivity index (χ1n) is 5.79.